The largest absolute Gasteiger partial charge is 0.348 e. The van der Waals surface area contributed by atoms with Gasteiger partial charge in [-0.1, -0.05) is 18.2 Å². The Balaban J connectivity index is 1.95. The molecule has 1 N–H and O–H groups in total. The molecule has 4 nitrogen and oxygen atoms in total. The number of thiocarbonyl (C=S) groups is 1. The lowest BCUT2D eigenvalue weighted by molar-refractivity contribution is -0.136. The Hall–Kier alpha value is -1.62. The number of nitrogens with one attached hydrogen (secondary N) is 1. The van der Waals surface area contributed by atoms with Gasteiger partial charge in [-0.25, -0.2) is 0 Å². The van der Waals surface area contributed by atoms with Crippen LogP contribution in [0.25, 0.3) is 0 Å². The number of carbonyl (C=O) groups excluding carboxylic acids is 1. The molecular weight excluding hydrogens is 294 g/mol. The number of carbonyl (C=O) groups is 1. The minimum Gasteiger partial charge on any atom is -0.348 e. The molecule has 1 aromatic carbocycles. The Morgan fingerprint density at radius 3 is 2.64 bits per heavy atom. The third kappa shape index (κ3) is 4.19. The highest BCUT2D eigenvalue weighted by atomic mass is 32.1. The quantitative estimate of drug-likeness (QED) is 0.866. The fourth-order valence-corrected chi connectivity index (χ4v) is 3.16. The molecule has 0 bridgehead atoms. The molecular formula is C17H25N3OS. The van der Waals surface area contributed by atoms with E-state index in [9.17, 15) is 4.79 Å². The number of rotatable bonds is 4. The molecule has 1 aliphatic rings. The number of hydrogen-bond donors (Lipinski definition) is 1. The lowest BCUT2D eigenvalue weighted by Crippen LogP contribution is -2.47. The van der Waals surface area contributed by atoms with Gasteiger partial charge in [0.15, 0.2) is 5.11 Å². The molecule has 0 aliphatic carbocycles. The summed E-state index contributed by atoms with van der Waals surface area (Å²) >= 11 is 5.51. The second-order valence-corrected chi connectivity index (χ2v) is 5.98. The Labute approximate surface area is 138 Å². The van der Waals surface area contributed by atoms with Crippen LogP contribution in [-0.2, 0) is 4.79 Å². The van der Waals surface area contributed by atoms with Crippen molar-refractivity contribution in [1.29, 1.82) is 0 Å². The maximum absolute atomic E-state index is 12.5. The molecule has 1 fully saturated rings. The third-order valence-corrected chi connectivity index (χ3v) is 4.52. The van der Waals surface area contributed by atoms with Crippen LogP contribution in [0.2, 0.25) is 0 Å². The number of anilines is 1. The average Bonchev–Trinajstić information content (AvgIpc) is 2.57. The van der Waals surface area contributed by atoms with Crippen molar-refractivity contribution >= 4 is 28.9 Å². The fraction of sp³-hybridized carbons (Fsp3) is 0.529. The van der Waals surface area contributed by atoms with Crippen molar-refractivity contribution in [2.75, 3.05) is 31.5 Å². The SMILES string of the molecule is CCN(CC)C(=O)[C@H]1CCCN(C(=S)Nc2ccccc2)C1. The minimum absolute atomic E-state index is 0.0594. The summed E-state index contributed by atoms with van der Waals surface area (Å²) in [5.41, 5.74) is 0.990. The third-order valence-electron chi connectivity index (χ3n) is 4.16. The molecule has 1 aliphatic heterocycles. The Kier molecular flexibility index (Phi) is 6.19. The number of nitrogens with zero attached hydrogens (tertiary/aromatic N) is 2. The summed E-state index contributed by atoms with van der Waals surface area (Å²) in [6, 6.07) is 9.93. The second kappa shape index (κ2) is 8.13. The minimum atomic E-state index is 0.0594. The van der Waals surface area contributed by atoms with Crippen LogP contribution in [0.4, 0.5) is 5.69 Å². The van der Waals surface area contributed by atoms with Crippen molar-refractivity contribution in [2.24, 2.45) is 5.92 Å². The zero-order valence-electron chi connectivity index (χ0n) is 13.4. The molecule has 0 aromatic heterocycles. The summed E-state index contributed by atoms with van der Waals surface area (Å²) in [5.74, 6) is 0.321. The van der Waals surface area contributed by atoms with Crippen molar-refractivity contribution in [1.82, 2.24) is 9.80 Å². The number of benzene rings is 1. The van der Waals surface area contributed by atoms with Crippen LogP contribution < -0.4 is 5.32 Å². The first-order valence-electron chi connectivity index (χ1n) is 8.05. The van der Waals surface area contributed by atoms with E-state index >= 15 is 0 Å². The lowest BCUT2D eigenvalue weighted by Gasteiger charge is -2.36. The topological polar surface area (TPSA) is 35.6 Å². The zero-order chi connectivity index (χ0) is 15.9. The monoisotopic (exact) mass is 319 g/mol. The lowest BCUT2D eigenvalue weighted by atomic mass is 9.96. The molecule has 1 heterocycles. The van der Waals surface area contributed by atoms with E-state index in [1.54, 1.807) is 0 Å². The Morgan fingerprint density at radius 2 is 2.00 bits per heavy atom. The molecule has 0 saturated carbocycles. The van der Waals surface area contributed by atoms with Gasteiger partial charge in [-0.15, -0.1) is 0 Å². The first-order chi connectivity index (χ1) is 10.7. The van der Waals surface area contributed by atoms with E-state index in [0.29, 0.717) is 11.7 Å². The van der Waals surface area contributed by atoms with E-state index in [1.165, 1.54) is 0 Å². The zero-order valence-corrected chi connectivity index (χ0v) is 14.2. The maximum Gasteiger partial charge on any atom is 0.227 e. The van der Waals surface area contributed by atoms with E-state index in [4.69, 9.17) is 12.2 Å². The molecule has 1 amide bonds. The van der Waals surface area contributed by atoms with Gasteiger partial charge in [-0.2, -0.15) is 0 Å². The van der Waals surface area contributed by atoms with Crippen molar-refractivity contribution < 1.29 is 4.79 Å². The van der Waals surface area contributed by atoms with Crippen LogP contribution in [0.1, 0.15) is 26.7 Å². The van der Waals surface area contributed by atoms with Crippen molar-refractivity contribution in [3.05, 3.63) is 30.3 Å². The van der Waals surface area contributed by atoms with E-state index < -0.39 is 0 Å². The summed E-state index contributed by atoms with van der Waals surface area (Å²) in [6.45, 7) is 7.25. The summed E-state index contributed by atoms with van der Waals surface area (Å²) in [4.78, 5) is 16.6. The molecule has 0 unspecified atom stereocenters. The maximum atomic E-state index is 12.5. The smallest absolute Gasteiger partial charge is 0.227 e. The first kappa shape index (κ1) is 16.7. The summed E-state index contributed by atoms with van der Waals surface area (Å²) in [6.07, 6.45) is 1.97. The van der Waals surface area contributed by atoms with Crippen LogP contribution in [0, 0.1) is 5.92 Å². The van der Waals surface area contributed by atoms with Crippen LogP contribution >= 0.6 is 12.2 Å². The van der Waals surface area contributed by atoms with E-state index in [2.05, 4.69) is 10.2 Å². The first-order valence-corrected chi connectivity index (χ1v) is 8.46. The van der Waals surface area contributed by atoms with Gasteiger partial charge in [-0.05, 0) is 51.0 Å². The Morgan fingerprint density at radius 1 is 1.32 bits per heavy atom. The van der Waals surface area contributed by atoms with Gasteiger partial charge >= 0.3 is 0 Å². The van der Waals surface area contributed by atoms with Crippen LogP contribution in [0.5, 0.6) is 0 Å². The molecule has 1 aromatic rings. The van der Waals surface area contributed by atoms with E-state index in [0.717, 1.165) is 38.2 Å². The Bertz CT molecular complexity index is 502. The van der Waals surface area contributed by atoms with E-state index in [-0.39, 0.29) is 11.8 Å². The average molecular weight is 319 g/mol. The van der Waals surface area contributed by atoms with Crippen LogP contribution in [0.3, 0.4) is 0 Å². The summed E-state index contributed by atoms with van der Waals surface area (Å²) in [7, 11) is 0. The number of para-hydroxylation sites is 1. The summed E-state index contributed by atoms with van der Waals surface area (Å²) < 4.78 is 0. The highest BCUT2D eigenvalue weighted by molar-refractivity contribution is 7.80. The highest BCUT2D eigenvalue weighted by Crippen LogP contribution is 2.20. The number of hydrogen-bond acceptors (Lipinski definition) is 2. The van der Waals surface area contributed by atoms with Gasteiger partial charge in [0.05, 0.1) is 5.92 Å². The highest BCUT2D eigenvalue weighted by Gasteiger charge is 2.29. The van der Waals surface area contributed by atoms with Crippen LogP contribution in [-0.4, -0.2) is 47.0 Å². The fourth-order valence-electron chi connectivity index (χ4n) is 2.88. The summed E-state index contributed by atoms with van der Waals surface area (Å²) in [5, 5.41) is 3.97. The molecule has 1 saturated heterocycles. The molecule has 22 heavy (non-hydrogen) atoms. The van der Waals surface area contributed by atoms with Gasteiger partial charge < -0.3 is 15.1 Å². The van der Waals surface area contributed by atoms with Gasteiger partial charge in [-0.3, -0.25) is 4.79 Å². The molecule has 0 spiro atoms. The van der Waals surface area contributed by atoms with Crippen LogP contribution in [0.15, 0.2) is 30.3 Å². The molecule has 120 valence electrons. The standard InChI is InChI=1S/C17H25N3OS/c1-3-19(4-2)16(21)14-9-8-12-20(13-14)17(22)18-15-10-6-5-7-11-15/h5-7,10-11,14H,3-4,8-9,12-13H2,1-2H3,(H,18,22)/t14-/m0/s1. The van der Waals surface area contributed by atoms with Crippen molar-refractivity contribution in [3.63, 3.8) is 0 Å². The second-order valence-electron chi connectivity index (χ2n) is 5.59. The normalized spacial score (nSPS) is 17.9. The van der Waals surface area contributed by atoms with Gasteiger partial charge in [0.2, 0.25) is 5.91 Å². The number of amides is 1. The number of likely N-dealkylation sites (tertiary alicyclic amines) is 1. The molecule has 0 radical (unpaired) electrons. The van der Waals surface area contributed by atoms with Crippen molar-refractivity contribution in [2.45, 2.75) is 26.7 Å². The van der Waals surface area contributed by atoms with Gasteiger partial charge in [0, 0.05) is 31.9 Å². The predicted octanol–water partition coefficient (Wildman–Crippen LogP) is 2.96. The molecule has 5 heteroatoms. The van der Waals surface area contributed by atoms with Crippen molar-refractivity contribution in [3.8, 4) is 0 Å². The molecule has 2 rings (SSSR count). The van der Waals surface area contributed by atoms with Gasteiger partial charge in [0.1, 0.15) is 0 Å². The number of piperidine rings is 1. The van der Waals surface area contributed by atoms with Gasteiger partial charge in [0.25, 0.3) is 0 Å². The van der Waals surface area contributed by atoms with E-state index in [1.807, 2.05) is 49.1 Å². The predicted molar refractivity (Wildman–Crippen MR) is 94.9 cm³/mol. The molecule has 1 atom stereocenters.